The monoisotopic (exact) mass is 377 g/mol. The number of hydrogen-bond donors (Lipinski definition) is 1. The van der Waals surface area contributed by atoms with E-state index in [0.717, 1.165) is 5.56 Å². The van der Waals surface area contributed by atoms with E-state index >= 15 is 0 Å². The molecule has 0 heterocycles. The molecule has 140 valence electrons. The summed E-state index contributed by atoms with van der Waals surface area (Å²) >= 11 is 0. The first kappa shape index (κ1) is 21.0. The van der Waals surface area contributed by atoms with Gasteiger partial charge in [0.1, 0.15) is 0 Å². The molecule has 1 rings (SSSR count). The van der Waals surface area contributed by atoms with Crippen molar-refractivity contribution in [3.8, 4) is 0 Å². The number of anilines is 1. The molecule has 0 unspecified atom stereocenters. The molecule has 0 aliphatic heterocycles. The van der Waals surface area contributed by atoms with Crippen molar-refractivity contribution in [1.29, 1.82) is 0 Å². The molecule has 9 heteroatoms. The van der Waals surface area contributed by atoms with E-state index < -0.39 is 15.5 Å². The molecule has 0 aliphatic rings. The van der Waals surface area contributed by atoms with Crippen molar-refractivity contribution in [2.24, 2.45) is 5.10 Å². The number of hydrogen-bond acceptors (Lipinski definition) is 4. The van der Waals surface area contributed by atoms with E-state index in [4.69, 9.17) is 0 Å². The van der Waals surface area contributed by atoms with Crippen molar-refractivity contribution in [2.45, 2.75) is 39.6 Å². The fraction of sp³-hybridized carbons (Fsp3) is 0.438. The molecule has 0 aliphatic carbocycles. The number of rotatable bonds is 7. The fourth-order valence-corrected chi connectivity index (χ4v) is 2.66. The van der Waals surface area contributed by atoms with Crippen LogP contribution in [0.4, 0.5) is 18.9 Å². The van der Waals surface area contributed by atoms with E-state index in [1.165, 1.54) is 12.1 Å². The summed E-state index contributed by atoms with van der Waals surface area (Å²) in [5.41, 5.74) is -3.38. The van der Waals surface area contributed by atoms with Gasteiger partial charge in [-0.1, -0.05) is 25.1 Å². The van der Waals surface area contributed by atoms with Crippen molar-refractivity contribution in [3.05, 3.63) is 41.6 Å². The zero-order valence-corrected chi connectivity index (χ0v) is 15.4. The zero-order chi connectivity index (χ0) is 19.4. The standard InChI is InChI=1S/C16H22F3N3O2S/c1-6-14(20-22(7-2)11(3)4)13-10-12(5)8-9-15(13)21-25(23,24)16(17,18)19/h8-10,21H,3,6-7H2,1-2,4-5H3/b20-14+. The van der Waals surface area contributed by atoms with Crippen LogP contribution in [-0.4, -0.2) is 31.2 Å². The van der Waals surface area contributed by atoms with Gasteiger partial charge < -0.3 is 0 Å². The molecule has 0 spiro atoms. The molecule has 5 nitrogen and oxygen atoms in total. The van der Waals surface area contributed by atoms with Crippen LogP contribution in [0.5, 0.6) is 0 Å². The molecule has 0 aromatic heterocycles. The van der Waals surface area contributed by atoms with E-state index in [-0.39, 0.29) is 5.69 Å². The molecule has 1 aromatic carbocycles. The van der Waals surface area contributed by atoms with Crippen LogP contribution in [0.1, 0.15) is 38.3 Å². The Labute approximate surface area is 146 Å². The summed E-state index contributed by atoms with van der Waals surface area (Å²) in [6, 6.07) is 4.43. The first-order valence-corrected chi connectivity index (χ1v) is 9.11. The number of allylic oxidation sites excluding steroid dienone is 1. The summed E-state index contributed by atoms with van der Waals surface area (Å²) < 4.78 is 62.6. The van der Waals surface area contributed by atoms with Crippen LogP contribution in [0.25, 0.3) is 0 Å². The first-order valence-electron chi connectivity index (χ1n) is 7.63. The van der Waals surface area contributed by atoms with Gasteiger partial charge >= 0.3 is 15.5 Å². The number of halogens is 3. The second-order valence-corrected chi connectivity index (χ2v) is 7.13. The summed E-state index contributed by atoms with van der Waals surface area (Å²) in [6.45, 7) is 11.5. The quantitative estimate of drug-likeness (QED) is 0.571. The Hall–Kier alpha value is -2.03. The Morgan fingerprint density at radius 3 is 2.36 bits per heavy atom. The number of hydrazone groups is 1. The first-order chi connectivity index (χ1) is 11.4. The van der Waals surface area contributed by atoms with Gasteiger partial charge in [0.15, 0.2) is 0 Å². The molecule has 25 heavy (non-hydrogen) atoms. The third-order valence-corrected chi connectivity index (χ3v) is 4.45. The highest BCUT2D eigenvalue weighted by Crippen LogP contribution is 2.28. The van der Waals surface area contributed by atoms with Crippen LogP contribution in [0, 0.1) is 6.92 Å². The summed E-state index contributed by atoms with van der Waals surface area (Å²) in [6.07, 6.45) is 0.397. The smallest absolute Gasteiger partial charge is 0.275 e. The van der Waals surface area contributed by atoms with Crippen LogP contribution >= 0.6 is 0 Å². The van der Waals surface area contributed by atoms with Gasteiger partial charge in [0.05, 0.1) is 11.4 Å². The Bertz CT molecular complexity index is 771. The Morgan fingerprint density at radius 1 is 1.32 bits per heavy atom. The van der Waals surface area contributed by atoms with Crippen LogP contribution in [0.2, 0.25) is 0 Å². The maximum atomic E-state index is 12.7. The lowest BCUT2D eigenvalue weighted by Crippen LogP contribution is -2.30. The predicted molar refractivity (Wildman–Crippen MR) is 93.8 cm³/mol. The van der Waals surface area contributed by atoms with Gasteiger partial charge in [0, 0.05) is 17.8 Å². The molecule has 0 fully saturated rings. The lowest BCUT2D eigenvalue weighted by atomic mass is 10.0. The van der Waals surface area contributed by atoms with Gasteiger partial charge in [-0.25, -0.2) is 0 Å². The molecule has 0 saturated carbocycles. The minimum absolute atomic E-state index is 0.165. The number of nitrogens with zero attached hydrogens (tertiary/aromatic N) is 2. The van der Waals surface area contributed by atoms with Crippen LogP contribution in [-0.2, 0) is 10.0 Å². The minimum atomic E-state index is -5.51. The van der Waals surface area contributed by atoms with Gasteiger partial charge in [-0.2, -0.15) is 26.7 Å². The number of alkyl halides is 3. The largest absolute Gasteiger partial charge is 0.516 e. The molecule has 0 radical (unpaired) electrons. The summed E-state index contributed by atoms with van der Waals surface area (Å²) in [5, 5.41) is 6.01. The highest BCUT2D eigenvalue weighted by Gasteiger charge is 2.46. The molecular weight excluding hydrogens is 355 g/mol. The van der Waals surface area contributed by atoms with Crippen LogP contribution in [0.3, 0.4) is 0 Å². The Kier molecular flexibility index (Phi) is 6.64. The third-order valence-electron chi connectivity index (χ3n) is 3.35. The van der Waals surface area contributed by atoms with Gasteiger partial charge in [-0.3, -0.25) is 9.73 Å². The lowest BCUT2D eigenvalue weighted by molar-refractivity contribution is -0.0429. The SMILES string of the molecule is C=C(C)N(CC)/N=C(\CC)c1cc(C)ccc1NS(=O)(=O)C(F)(F)F. The zero-order valence-electron chi connectivity index (χ0n) is 14.6. The van der Waals surface area contributed by atoms with Crippen molar-refractivity contribution >= 4 is 21.4 Å². The van der Waals surface area contributed by atoms with E-state index in [2.05, 4.69) is 11.7 Å². The van der Waals surface area contributed by atoms with E-state index in [1.807, 2.05) is 6.92 Å². The summed E-state index contributed by atoms with van der Waals surface area (Å²) in [7, 11) is -5.51. The number of aryl methyl sites for hydroxylation is 1. The van der Waals surface area contributed by atoms with E-state index in [9.17, 15) is 21.6 Å². The third kappa shape index (κ3) is 5.22. The van der Waals surface area contributed by atoms with E-state index in [1.54, 1.807) is 36.6 Å². The predicted octanol–water partition coefficient (Wildman–Crippen LogP) is 4.23. The molecule has 0 saturated heterocycles. The molecule has 1 aromatic rings. The lowest BCUT2D eigenvalue weighted by Gasteiger charge is -2.20. The number of sulfonamides is 1. The maximum Gasteiger partial charge on any atom is 0.516 e. The van der Waals surface area contributed by atoms with Gasteiger partial charge in [-0.15, -0.1) is 0 Å². The molecule has 0 bridgehead atoms. The summed E-state index contributed by atoms with van der Waals surface area (Å²) in [4.78, 5) is 0. The Morgan fingerprint density at radius 2 is 1.92 bits per heavy atom. The Balaban J connectivity index is 3.46. The maximum absolute atomic E-state index is 12.7. The average molecular weight is 377 g/mol. The normalized spacial score (nSPS) is 12.8. The highest BCUT2D eigenvalue weighted by atomic mass is 32.2. The molecule has 1 N–H and O–H groups in total. The second-order valence-electron chi connectivity index (χ2n) is 5.45. The van der Waals surface area contributed by atoms with Gasteiger partial charge in [0.25, 0.3) is 0 Å². The van der Waals surface area contributed by atoms with Gasteiger partial charge in [-0.05, 0) is 39.3 Å². The fourth-order valence-electron chi connectivity index (χ4n) is 2.08. The van der Waals surface area contributed by atoms with E-state index in [0.29, 0.717) is 29.9 Å². The summed E-state index contributed by atoms with van der Waals surface area (Å²) in [5.74, 6) is 0. The topological polar surface area (TPSA) is 61.8 Å². The van der Waals surface area contributed by atoms with Crippen LogP contribution in [0.15, 0.2) is 35.6 Å². The van der Waals surface area contributed by atoms with Crippen molar-refractivity contribution in [3.63, 3.8) is 0 Å². The van der Waals surface area contributed by atoms with Crippen LogP contribution < -0.4 is 4.72 Å². The molecular formula is C16H22F3N3O2S. The number of nitrogens with one attached hydrogen (secondary N) is 1. The van der Waals surface area contributed by atoms with Crippen molar-refractivity contribution < 1.29 is 21.6 Å². The number of benzene rings is 1. The minimum Gasteiger partial charge on any atom is -0.275 e. The molecule has 0 amide bonds. The average Bonchev–Trinajstić information content (AvgIpc) is 2.49. The highest BCUT2D eigenvalue weighted by molar-refractivity contribution is 7.93. The second kappa shape index (κ2) is 7.90. The van der Waals surface area contributed by atoms with Crippen molar-refractivity contribution in [1.82, 2.24) is 5.01 Å². The van der Waals surface area contributed by atoms with Crippen molar-refractivity contribution in [2.75, 3.05) is 11.3 Å². The van der Waals surface area contributed by atoms with Gasteiger partial charge in [0.2, 0.25) is 0 Å². The molecule has 0 atom stereocenters.